The molecule has 0 aliphatic heterocycles. The first-order valence-corrected chi connectivity index (χ1v) is 3.77. The van der Waals surface area contributed by atoms with Crippen LogP contribution < -0.4 is 5.73 Å². The van der Waals surface area contributed by atoms with Crippen molar-refractivity contribution in [1.82, 2.24) is 0 Å². The first kappa shape index (κ1) is 10.2. The molecule has 0 unspecified atom stereocenters. The lowest BCUT2D eigenvalue weighted by Gasteiger charge is -2.12. The molecule has 0 aliphatic carbocycles. The summed E-state index contributed by atoms with van der Waals surface area (Å²) in [4.78, 5) is 10.2. The zero-order valence-corrected chi connectivity index (χ0v) is 6.75. The van der Waals surface area contributed by atoms with E-state index in [1.54, 1.807) is 0 Å². The standard InChI is InChI=1S/C7H15NO3/c1-2-3-4-6(5-9)11-7(8)10/h6,9H,2-5H2,1H3,(H2,8,10)/t6-/m0/s1. The number of amides is 1. The summed E-state index contributed by atoms with van der Waals surface area (Å²) in [5.74, 6) is 0. The first-order chi connectivity index (χ1) is 5.20. The summed E-state index contributed by atoms with van der Waals surface area (Å²) >= 11 is 0. The predicted molar refractivity (Wildman–Crippen MR) is 41.1 cm³/mol. The van der Waals surface area contributed by atoms with Gasteiger partial charge in [-0.3, -0.25) is 0 Å². The van der Waals surface area contributed by atoms with Gasteiger partial charge in [-0.15, -0.1) is 0 Å². The molecule has 1 atom stereocenters. The second kappa shape index (κ2) is 5.97. The van der Waals surface area contributed by atoms with Crippen LogP contribution in [0.2, 0.25) is 0 Å². The highest BCUT2D eigenvalue weighted by Gasteiger charge is 2.09. The number of primary amides is 1. The highest BCUT2D eigenvalue weighted by molar-refractivity contribution is 5.64. The van der Waals surface area contributed by atoms with Gasteiger partial charge in [0, 0.05) is 0 Å². The fraction of sp³-hybridized carbons (Fsp3) is 0.857. The molecular formula is C7H15NO3. The quantitative estimate of drug-likeness (QED) is 0.621. The Hall–Kier alpha value is -0.770. The largest absolute Gasteiger partial charge is 0.444 e. The molecule has 0 saturated carbocycles. The van der Waals surface area contributed by atoms with E-state index in [9.17, 15) is 4.79 Å². The topological polar surface area (TPSA) is 72.6 Å². The van der Waals surface area contributed by atoms with Crippen LogP contribution in [0.5, 0.6) is 0 Å². The highest BCUT2D eigenvalue weighted by Crippen LogP contribution is 2.03. The van der Waals surface area contributed by atoms with Crippen molar-refractivity contribution in [3.63, 3.8) is 0 Å². The predicted octanol–water partition coefficient (Wildman–Crippen LogP) is 0.633. The summed E-state index contributed by atoms with van der Waals surface area (Å²) in [7, 11) is 0. The number of rotatable bonds is 5. The zero-order valence-electron chi connectivity index (χ0n) is 6.75. The third-order valence-electron chi connectivity index (χ3n) is 1.37. The summed E-state index contributed by atoms with van der Waals surface area (Å²) in [6, 6.07) is 0. The van der Waals surface area contributed by atoms with Gasteiger partial charge in [-0.1, -0.05) is 13.3 Å². The first-order valence-electron chi connectivity index (χ1n) is 3.77. The molecular weight excluding hydrogens is 146 g/mol. The third kappa shape index (κ3) is 5.66. The van der Waals surface area contributed by atoms with E-state index in [4.69, 9.17) is 10.8 Å². The van der Waals surface area contributed by atoms with Crippen molar-refractivity contribution in [3.8, 4) is 0 Å². The molecule has 0 aliphatic rings. The van der Waals surface area contributed by atoms with Gasteiger partial charge in [-0.25, -0.2) is 4.79 Å². The summed E-state index contributed by atoms with van der Waals surface area (Å²) in [5.41, 5.74) is 4.77. The van der Waals surface area contributed by atoms with Crippen molar-refractivity contribution in [1.29, 1.82) is 0 Å². The Balaban J connectivity index is 3.49. The molecule has 0 radical (unpaired) electrons. The average Bonchev–Trinajstić information content (AvgIpc) is 1.97. The van der Waals surface area contributed by atoms with Crippen molar-refractivity contribution < 1.29 is 14.6 Å². The van der Waals surface area contributed by atoms with Gasteiger partial charge in [-0.05, 0) is 12.8 Å². The van der Waals surface area contributed by atoms with E-state index in [1.165, 1.54) is 0 Å². The number of nitrogens with two attached hydrogens (primary N) is 1. The summed E-state index contributed by atoms with van der Waals surface area (Å²) < 4.78 is 4.59. The molecule has 1 amide bonds. The number of hydrogen-bond acceptors (Lipinski definition) is 3. The van der Waals surface area contributed by atoms with Gasteiger partial charge < -0.3 is 15.6 Å². The Labute approximate surface area is 66.3 Å². The molecule has 66 valence electrons. The molecule has 0 spiro atoms. The van der Waals surface area contributed by atoms with Crippen molar-refractivity contribution >= 4 is 6.09 Å². The molecule has 3 N–H and O–H groups in total. The van der Waals surface area contributed by atoms with Crippen LogP contribution in [0.25, 0.3) is 0 Å². The van der Waals surface area contributed by atoms with E-state index in [2.05, 4.69) is 4.74 Å². The Bertz CT molecular complexity index is 116. The van der Waals surface area contributed by atoms with Crippen molar-refractivity contribution in [2.75, 3.05) is 6.61 Å². The van der Waals surface area contributed by atoms with Gasteiger partial charge in [0.25, 0.3) is 0 Å². The lowest BCUT2D eigenvalue weighted by Crippen LogP contribution is -2.25. The lowest BCUT2D eigenvalue weighted by atomic mass is 10.2. The Kier molecular flexibility index (Phi) is 5.56. The van der Waals surface area contributed by atoms with Crippen LogP contribution in [0.1, 0.15) is 26.2 Å². The van der Waals surface area contributed by atoms with Crippen LogP contribution in [-0.2, 0) is 4.74 Å². The average molecular weight is 161 g/mol. The lowest BCUT2D eigenvalue weighted by molar-refractivity contribution is 0.0573. The maximum absolute atomic E-state index is 10.2. The van der Waals surface area contributed by atoms with E-state index < -0.39 is 12.2 Å². The Morgan fingerprint density at radius 1 is 1.73 bits per heavy atom. The van der Waals surface area contributed by atoms with Crippen molar-refractivity contribution in [2.45, 2.75) is 32.3 Å². The smallest absolute Gasteiger partial charge is 0.404 e. The molecule has 0 rings (SSSR count). The van der Waals surface area contributed by atoms with E-state index in [0.717, 1.165) is 12.8 Å². The SMILES string of the molecule is CCCC[C@@H](CO)OC(N)=O. The van der Waals surface area contributed by atoms with Crippen LogP contribution >= 0.6 is 0 Å². The summed E-state index contributed by atoms with van der Waals surface area (Å²) in [6.07, 6.45) is 1.38. The highest BCUT2D eigenvalue weighted by atomic mass is 16.6. The molecule has 0 aromatic heterocycles. The minimum absolute atomic E-state index is 0.150. The number of unbranched alkanes of at least 4 members (excludes halogenated alkanes) is 1. The van der Waals surface area contributed by atoms with Crippen LogP contribution in [-0.4, -0.2) is 23.9 Å². The zero-order chi connectivity index (χ0) is 8.69. The van der Waals surface area contributed by atoms with Gasteiger partial charge in [0.2, 0.25) is 0 Å². The second-order valence-corrected chi connectivity index (χ2v) is 2.38. The third-order valence-corrected chi connectivity index (χ3v) is 1.37. The summed E-state index contributed by atoms with van der Waals surface area (Å²) in [5, 5.41) is 8.67. The maximum atomic E-state index is 10.2. The minimum Gasteiger partial charge on any atom is -0.444 e. The van der Waals surface area contributed by atoms with Crippen LogP contribution in [0.3, 0.4) is 0 Å². The molecule has 4 heteroatoms. The van der Waals surface area contributed by atoms with Crippen molar-refractivity contribution in [3.05, 3.63) is 0 Å². The number of hydrogen-bond donors (Lipinski definition) is 2. The molecule has 11 heavy (non-hydrogen) atoms. The molecule has 4 nitrogen and oxygen atoms in total. The van der Waals surface area contributed by atoms with Gasteiger partial charge in [0.15, 0.2) is 0 Å². The van der Waals surface area contributed by atoms with Gasteiger partial charge in [0.1, 0.15) is 6.10 Å². The molecule has 0 saturated heterocycles. The van der Waals surface area contributed by atoms with Crippen LogP contribution in [0.15, 0.2) is 0 Å². The number of aliphatic hydroxyl groups excluding tert-OH is 1. The number of ether oxygens (including phenoxy) is 1. The molecule has 0 aromatic carbocycles. The van der Waals surface area contributed by atoms with Gasteiger partial charge >= 0.3 is 6.09 Å². The van der Waals surface area contributed by atoms with Crippen LogP contribution in [0.4, 0.5) is 4.79 Å². The van der Waals surface area contributed by atoms with Gasteiger partial charge in [0.05, 0.1) is 6.61 Å². The van der Waals surface area contributed by atoms with E-state index in [1.807, 2.05) is 6.92 Å². The molecule has 0 aromatic rings. The van der Waals surface area contributed by atoms with Crippen molar-refractivity contribution in [2.24, 2.45) is 5.73 Å². The van der Waals surface area contributed by atoms with E-state index >= 15 is 0 Å². The van der Waals surface area contributed by atoms with Gasteiger partial charge in [-0.2, -0.15) is 0 Å². The monoisotopic (exact) mass is 161 g/mol. The molecule has 0 fully saturated rings. The number of carbonyl (C=O) groups is 1. The maximum Gasteiger partial charge on any atom is 0.404 e. The number of carbonyl (C=O) groups excluding carboxylic acids is 1. The van der Waals surface area contributed by atoms with E-state index in [-0.39, 0.29) is 6.61 Å². The molecule has 0 heterocycles. The summed E-state index contributed by atoms with van der Waals surface area (Å²) in [6.45, 7) is 1.88. The Morgan fingerprint density at radius 2 is 2.36 bits per heavy atom. The van der Waals surface area contributed by atoms with Crippen LogP contribution in [0, 0.1) is 0 Å². The molecule has 0 bridgehead atoms. The fourth-order valence-electron chi connectivity index (χ4n) is 0.784. The Morgan fingerprint density at radius 3 is 2.73 bits per heavy atom. The fourth-order valence-corrected chi connectivity index (χ4v) is 0.784. The number of aliphatic hydroxyl groups is 1. The normalized spacial score (nSPS) is 12.5. The minimum atomic E-state index is -0.819. The second-order valence-electron chi connectivity index (χ2n) is 2.38. The van der Waals surface area contributed by atoms with E-state index in [0.29, 0.717) is 6.42 Å².